The first-order chi connectivity index (χ1) is 5.24. The van der Waals surface area contributed by atoms with Crippen molar-refractivity contribution in [2.45, 2.75) is 5.88 Å². The number of rotatable bonds is 2. The van der Waals surface area contributed by atoms with Gasteiger partial charge in [0.15, 0.2) is 0 Å². The standard InChI is InChI=1S/C6H5ClN2O2.ClH/c7-4-5-3-6(9(10)11)1-2-8-5;/h1-3H,4H2;1H. The molecular formula is C6H6Cl2N2O2. The van der Waals surface area contributed by atoms with Gasteiger partial charge in [0.1, 0.15) is 0 Å². The van der Waals surface area contributed by atoms with E-state index in [1.807, 2.05) is 0 Å². The second-order valence-electron chi connectivity index (χ2n) is 1.90. The number of hydrogen-bond donors (Lipinski definition) is 0. The van der Waals surface area contributed by atoms with E-state index in [2.05, 4.69) is 4.98 Å². The summed E-state index contributed by atoms with van der Waals surface area (Å²) in [4.78, 5) is 13.5. The second-order valence-corrected chi connectivity index (χ2v) is 2.16. The lowest BCUT2D eigenvalue weighted by Crippen LogP contribution is -1.90. The highest BCUT2D eigenvalue weighted by Crippen LogP contribution is 2.11. The molecule has 0 amide bonds. The molecule has 0 aliphatic heterocycles. The van der Waals surface area contributed by atoms with Crippen LogP contribution in [0.25, 0.3) is 0 Å². The van der Waals surface area contributed by atoms with Crippen LogP contribution in [0.1, 0.15) is 5.69 Å². The van der Waals surface area contributed by atoms with Crippen molar-refractivity contribution in [1.29, 1.82) is 0 Å². The topological polar surface area (TPSA) is 56.0 Å². The third kappa shape index (κ3) is 2.64. The largest absolute Gasteiger partial charge is 0.272 e. The molecule has 0 unspecified atom stereocenters. The first-order valence-corrected chi connectivity index (χ1v) is 3.43. The van der Waals surface area contributed by atoms with Crippen LogP contribution in [0.15, 0.2) is 18.3 Å². The molecule has 0 aliphatic rings. The highest BCUT2D eigenvalue weighted by atomic mass is 35.5. The summed E-state index contributed by atoms with van der Waals surface area (Å²) in [6.45, 7) is 0. The summed E-state index contributed by atoms with van der Waals surface area (Å²) in [5, 5.41) is 10.2. The van der Waals surface area contributed by atoms with Gasteiger partial charge < -0.3 is 0 Å². The molecular weight excluding hydrogens is 203 g/mol. The third-order valence-corrected chi connectivity index (χ3v) is 1.42. The predicted octanol–water partition coefficient (Wildman–Crippen LogP) is 2.15. The van der Waals surface area contributed by atoms with Crippen molar-refractivity contribution in [3.05, 3.63) is 34.1 Å². The van der Waals surface area contributed by atoms with Crippen molar-refractivity contribution in [3.63, 3.8) is 0 Å². The lowest BCUT2D eigenvalue weighted by Gasteiger charge is -1.92. The molecule has 12 heavy (non-hydrogen) atoms. The number of pyridine rings is 1. The molecule has 1 aromatic rings. The molecule has 0 atom stereocenters. The zero-order valence-electron chi connectivity index (χ0n) is 5.94. The summed E-state index contributed by atoms with van der Waals surface area (Å²) in [6, 6.07) is 2.68. The summed E-state index contributed by atoms with van der Waals surface area (Å²) >= 11 is 5.42. The van der Waals surface area contributed by atoms with Gasteiger partial charge in [-0.05, 0) is 0 Å². The number of alkyl halides is 1. The van der Waals surface area contributed by atoms with Crippen LogP contribution < -0.4 is 0 Å². The van der Waals surface area contributed by atoms with Crippen molar-refractivity contribution in [1.82, 2.24) is 4.98 Å². The summed E-state index contributed by atoms with van der Waals surface area (Å²) in [5.74, 6) is 0.196. The van der Waals surface area contributed by atoms with E-state index >= 15 is 0 Å². The van der Waals surface area contributed by atoms with E-state index in [1.165, 1.54) is 18.3 Å². The second kappa shape index (κ2) is 4.90. The van der Waals surface area contributed by atoms with Crippen LogP contribution in [0.4, 0.5) is 5.69 Å². The molecule has 0 fully saturated rings. The van der Waals surface area contributed by atoms with Crippen molar-refractivity contribution >= 4 is 29.7 Å². The van der Waals surface area contributed by atoms with E-state index in [0.717, 1.165) is 0 Å². The number of nitro groups is 1. The van der Waals surface area contributed by atoms with Crippen molar-refractivity contribution in [2.75, 3.05) is 0 Å². The molecule has 0 aromatic carbocycles. The van der Waals surface area contributed by atoms with Crippen molar-refractivity contribution < 1.29 is 4.92 Å². The summed E-state index contributed by atoms with van der Waals surface area (Å²) in [6.07, 6.45) is 1.37. The lowest BCUT2D eigenvalue weighted by atomic mass is 10.3. The molecule has 0 aliphatic carbocycles. The average molecular weight is 209 g/mol. The highest BCUT2D eigenvalue weighted by Gasteiger charge is 2.04. The van der Waals surface area contributed by atoms with Crippen LogP contribution in [0.5, 0.6) is 0 Å². The zero-order chi connectivity index (χ0) is 8.27. The quantitative estimate of drug-likeness (QED) is 0.426. The molecule has 0 N–H and O–H groups in total. The average Bonchev–Trinajstić information content (AvgIpc) is 2.05. The summed E-state index contributed by atoms with van der Waals surface area (Å²) < 4.78 is 0. The number of nitrogens with zero attached hydrogens (tertiary/aromatic N) is 2. The molecule has 0 spiro atoms. The first-order valence-electron chi connectivity index (χ1n) is 2.89. The molecule has 0 radical (unpaired) electrons. The van der Waals surface area contributed by atoms with E-state index in [0.29, 0.717) is 5.69 Å². The molecule has 1 aromatic heterocycles. The van der Waals surface area contributed by atoms with Gasteiger partial charge in [-0.2, -0.15) is 0 Å². The monoisotopic (exact) mass is 208 g/mol. The molecule has 0 bridgehead atoms. The van der Waals surface area contributed by atoms with Crippen LogP contribution in [0.2, 0.25) is 0 Å². The number of hydrogen-bond acceptors (Lipinski definition) is 3. The van der Waals surface area contributed by atoms with Crippen LogP contribution in [-0.4, -0.2) is 9.91 Å². The fourth-order valence-electron chi connectivity index (χ4n) is 0.652. The summed E-state index contributed by atoms with van der Waals surface area (Å²) in [5.41, 5.74) is 0.538. The first kappa shape index (κ1) is 11.1. The Bertz CT molecular complexity index is 280. The highest BCUT2D eigenvalue weighted by molar-refractivity contribution is 6.16. The van der Waals surface area contributed by atoms with Gasteiger partial charge in [0.2, 0.25) is 0 Å². The van der Waals surface area contributed by atoms with Crippen molar-refractivity contribution in [3.8, 4) is 0 Å². The van der Waals surface area contributed by atoms with Crippen LogP contribution in [0, 0.1) is 10.1 Å². The normalized spacial score (nSPS) is 8.75. The van der Waals surface area contributed by atoms with E-state index < -0.39 is 4.92 Å². The zero-order valence-corrected chi connectivity index (χ0v) is 7.51. The van der Waals surface area contributed by atoms with Crippen LogP contribution >= 0.6 is 24.0 Å². The fraction of sp³-hybridized carbons (Fsp3) is 0.167. The molecule has 0 saturated carbocycles. The van der Waals surface area contributed by atoms with Gasteiger partial charge in [-0.1, -0.05) is 0 Å². The predicted molar refractivity (Wildman–Crippen MR) is 47.7 cm³/mol. The molecule has 0 saturated heterocycles. The van der Waals surface area contributed by atoms with Gasteiger partial charge in [0, 0.05) is 18.3 Å². The minimum atomic E-state index is -0.474. The number of halogens is 2. The smallest absolute Gasteiger partial charge is 0.260 e. The SMILES string of the molecule is Cl.O=[N+]([O-])c1ccnc(CCl)c1. The van der Waals surface area contributed by atoms with Gasteiger partial charge in [-0.25, -0.2) is 0 Å². The van der Waals surface area contributed by atoms with Gasteiger partial charge in [0.05, 0.1) is 16.5 Å². The Hall–Kier alpha value is -0.870. The van der Waals surface area contributed by atoms with Crippen LogP contribution in [-0.2, 0) is 5.88 Å². The molecule has 1 heterocycles. The minimum Gasteiger partial charge on any atom is -0.260 e. The van der Waals surface area contributed by atoms with E-state index in [-0.39, 0.29) is 24.0 Å². The third-order valence-electron chi connectivity index (χ3n) is 1.15. The maximum absolute atomic E-state index is 10.2. The molecule has 4 nitrogen and oxygen atoms in total. The van der Waals surface area contributed by atoms with Gasteiger partial charge in [0.25, 0.3) is 5.69 Å². The Morgan fingerprint density at radius 2 is 2.33 bits per heavy atom. The Morgan fingerprint density at radius 1 is 1.67 bits per heavy atom. The van der Waals surface area contributed by atoms with Gasteiger partial charge >= 0.3 is 0 Å². The van der Waals surface area contributed by atoms with E-state index in [4.69, 9.17) is 11.6 Å². The van der Waals surface area contributed by atoms with Gasteiger partial charge in [-0.3, -0.25) is 15.1 Å². The Labute approximate surface area is 80.1 Å². The molecule has 1 rings (SSSR count). The Kier molecular flexibility index (Phi) is 4.54. The molecule has 6 heteroatoms. The van der Waals surface area contributed by atoms with E-state index in [9.17, 15) is 10.1 Å². The lowest BCUT2D eigenvalue weighted by molar-refractivity contribution is -0.385. The van der Waals surface area contributed by atoms with Crippen LogP contribution in [0.3, 0.4) is 0 Å². The maximum atomic E-state index is 10.2. The Balaban J connectivity index is 0.00000121. The maximum Gasteiger partial charge on any atom is 0.272 e. The summed E-state index contributed by atoms with van der Waals surface area (Å²) in [7, 11) is 0. The minimum absolute atomic E-state index is 0. The van der Waals surface area contributed by atoms with E-state index in [1.54, 1.807) is 0 Å². The van der Waals surface area contributed by atoms with Gasteiger partial charge in [-0.15, -0.1) is 24.0 Å². The van der Waals surface area contributed by atoms with Crippen molar-refractivity contribution in [2.24, 2.45) is 0 Å². The fourth-order valence-corrected chi connectivity index (χ4v) is 0.798. The Morgan fingerprint density at radius 3 is 2.83 bits per heavy atom. The molecule has 66 valence electrons. The number of aromatic nitrogens is 1.